The third kappa shape index (κ3) is 2.12. The molecule has 6 rings (SSSR count). The first-order chi connectivity index (χ1) is 13.3. The average molecular weight is 412 g/mol. The van der Waals surface area contributed by atoms with Crippen LogP contribution in [0, 0.1) is 0 Å². The highest BCUT2D eigenvalue weighted by molar-refractivity contribution is 9.10. The van der Waals surface area contributed by atoms with Crippen LogP contribution in [-0.4, -0.2) is 4.57 Å². The van der Waals surface area contributed by atoms with Gasteiger partial charge in [-0.3, -0.25) is 0 Å². The molecule has 0 amide bonds. The zero-order chi connectivity index (χ0) is 18.0. The number of furan rings is 1. The maximum Gasteiger partial charge on any atom is 0.137 e. The Kier molecular flexibility index (Phi) is 3.06. The van der Waals surface area contributed by atoms with Crippen LogP contribution < -0.4 is 0 Å². The number of aromatic nitrogens is 1. The van der Waals surface area contributed by atoms with E-state index in [4.69, 9.17) is 4.42 Å². The van der Waals surface area contributed by atoms with Crippen molar-refractivity contribution < 1.29 is 4.42 Å². The van der Waals surface area contributed by atoms with Crippen LogP contribution >= 0.6 is 15.9 Å². The monoisotopic (exact) mass is 411 g/mol. The van der Waals surface area contributed by atoms with Crippen molar-refractivity contribution in [2.24, 2.45) is 0 Å². The summed E-state index contributed by atoms with van der Waals surface area (Å²) in [6, 6.07) is 29.8. The second kappa shape index (κ2) is 5.48. The fraction of sp³-hybridized carbons (Fsp3) is 0. The predicted octanol–water partition coefficient (Wildman–Crippen LogP) is 7.45. The summed E-state index contributed by atoms with van der Waals surface area (Å²) in [6.45, 7) is 0. The zero-order valence-electron chi connectivity index (χ0n) is 14.3. The highest BCUT2D eigenvalue weighted by Gasteiger charge is 2.13. The van der Waals surface area contributed by atoms with E-state index in [1.54, 1.807) is 0 Å². The van der Waals surface area contributed by atoms with Gasteiger partial charge < -0.3 is 8.98 Å². The van der Waals surface area contributed by atoms with Crippen molar-refractivity contribution in [1.82, 2.24) is 4.57 Å². The molecule has 0 unspecified atom stereocenters. The standard InChI is InChI=1S/C24H14BrNO/c25-15-9-11-19-20-12-10-16(14-24(20)27-23(19)13-15)26-21-7-3-1-5-17(21)18-6-2-4-8-22(18)26/h1-14H. The highest BCUT2D eigenvalue weighted by atomic mass is 79.9. The number of para-hydroxylation sites is 2. The lowest BCUT2D eigenvalue weighted by Gasteiger charge is -2.07. The Morgan fingerprint density at radius 2 is 1.19 bits per heavy atom. The van der Waals surface area contributed by atoms with Crippen LogP contribution in [0.1, 0.15) is 0 Å². The maximum absolute atomic E-state index is 6.15. The summed E-state index contributed by atoms with van der Waals surface area (Å²) in [5.74, 6) is 0. The Hall–Kier alpha value is -3.04. The second-order valence-electron chi connectivity index (χ2n) is 6.79. The fourth-order valence-corrected chi connectivity index (χ4v) is 4.42. The molecule has 0 N–H and O–H groups in total. The van der Waals surface area contributed by atoms with Crippen molar-refractivity contribution in [3.8, 4) is 5.69 Å². The topological polar surface area (TPSA) is 18.1 Å². The molecule has 3 heteroatoms. The van der Waals surface area contributed by atoms with E-state index in [-0.39, 0.29) is 0 Å². The van der Waals surface area contributed by atoms with E-state index >= 15 is 0 Å². The van der Waals surface area contributed by atoms with Gasteiger partial charge in [-0.05, 0) is 42.5 Å². The van der Waals surface area contributed by atoms with Gasteiger partial charge in [0.1, 0.15) is 11.2 Å². The van der Waals surface area contributed by atoms with E-state index in [1.807, 2.05) is 6.07 Å². The molecule has 0 aliphatic carbocycles. The molecular formula is C24H14BrNO. The predicted molar refractivity (Wildman–Crippen MR) is 116 cm³/mol. The number of halogens is 1. The molecule has 0 fully saturated rings. The summed E-state index contributed by atoms with van der Waals surface area (Å²) in [4.78, 5) is 0. The molecule has 0 saturated carbocycles. The first-order valence-corrected chi connectivity index (χ1v) is 9.69. The second-order valence-corrected chi connectivity index (χ2v) is 7.71. The number of rotatable bonds is 1. The van der Waals surface area contributed by atoms with Crippen LogP contribution in [0.4, 0.5) is 0 Å². The molecule has 128 valence electrons. The third-order valence-corrected chi connectivity index (χ3v) is 5.75. The molecule has 4 aromatic carbocycles. The number of benzene rings is 4. The Morgan fingerprint density at radius 1 is 0.593 bits per heavy atom. The first kappa shape index (κ1) is 15.1. The first-order valence-electron chi connectivity index (χ1n) is 8.90. The molecule has 0 atom stereocenters. The summed E-state index contributed by atoms with van der Waals surface area (Å²) in [5, 5.41) is 4.81. The maximum atomic E-state index is 6.15. The Labute approximate surface area is 163 Å². The van der Waals surface area contributed by atoms with E-state index in [0.29, 0.717) is 0 Å². The molecule has 0 aliphatic rings. The molecule has 2 heterocycles. The molecule has 27 heavy (non-hydrogen) atoms. The van der Waals surface area contributed by atoms with Crippen molar-refractivity contribution in [3.05, 3.63) is 89.4 Å². The molecule has 0 aliphatic heterocycles. The summed E-state index contributed by atoms with van der Waals surface area (Å²) in [7, 11) is 0. The zero-order valence-corrected chi connectivity index (χ0v) is 15.9. The van der Waals surface area contributed by atoms with Crippen molar-refractivity contribution in [2.75, 3.05) is 0 Å². The van der Waals surface area contributed by atoms with Gasteiger partial charge in [-0.2, -0.15) is 0 Å². The summed E-state index contributed by atoms with van der Waals surface area (Å²) >= 11 is 3.53. The Bertz CT molecular complexity index is 1440. The molecule has 2 aromatic heterocycles. The van der Waals surface area contributed by atoms with Gasteiger partial charge in [0, 0.05) is 37.8 Å². The van der Waals surface area contributed by atoms with Gasteiger partial charge >= 0.3 is 0 Å². The lowest BCUT2D eigenvalue weighted by Crippen LogP contribution is -1.93. The Morgan fingerprint density at radius 3 is 1.89 bits per heavy atom. The third-order valence-electron chi connectivity index (χ3n) is 5.26. The fourth-order valence-electron chi connectivity index (χ4n) is 4.08. The van der Waals surface area contributed by atoms with Gasteiger partial charge in [0.15, 0.2) is 0 Å². The van der Waals surface area contributed by atoms with Gasteiger partial charge in [0.2, 0.25) is 0 Å². The number of nitrogens with zero attached hydrogens (tertiary/aromatic N) is 1. The largest absolute Gasteiger partial charge is 0.456 e. The minimum Gasteiger partial charge on any atom is -0.456 e. The van der Waals surface area contributed by atoms with Gasteiger partial charge in [-0.25, -0.2) is 0 Å². The molecule has 2 nitrogen and oxygen atoms in total. The quantitative estimate of drug-likeness (QED) is 0.274. The summed E-state index contributed by atoms with van der Waals surface area (Å²) < 4.78 is 9.49. The molecule has 0 bridgehead atoms. The molecule has 0 radical (unpaired) electrons. The minimum atomic E-state index is 0.902. The van der Waals surface area contributed by atoms with Gasteiger partial charge in [0.05, 0.1) is 11.0 Å². The van der Waals surface area contributed by atoms with Crippen molar-refractivity contribution in [2.45, 2.75) is 0 Å². The van der Waals surface area contributed by atoms with Crippen LogP contribution in [0.25, 0.3) is 49.4 Å². The molecule has 0 spiro atoms. The van der Waals surface area contributed by atoms with Crippen molar-refractivity contribution >= 4 is 59.7 Å². The van der Waals surface area contributed by atoms with E-state index in [9.17, 15) is 0 Å². The number of fused-ring (bicyclic) bond motifs is 6. The van der Waals surface area contributed by atoms with Crippen LogP contribution in [0.3, 0.4) is 0 Å². The van der Waals surface area contributed by atoms with Crippen molar-refractivity contribution in [1.29, 1.82) is 0 Å². The van der Waals surface area contributed by atoms with Crippen LogP contribution in [-0.2, 0) is 0 Å². The minimum absolute atomic E-state index is 0.902. The highest BCUT2D eigenvalue weighted by Crippen LogP contribution is 2.35. The van der Waals surface area contributed by atoms with Crippen LogP contribution in [0.15, 0.2) is 93.8 Å². The lowest BCUT2D eigenvalue weighted by atomic mass is 10.1. The average Bonchev–Trinajstić information content (AvgIpc) is 3.22. The normalized spacial score (nSPS) is 11.9. The number of hydrogen-bond donors (Lipinski definition) is 0. The van der Waals surface area contributed by atoms with Gasteiger partial charge in [-0.15, -0.1) is 0 Å². The van der Waals surface area contributed by atoms with Gasteiger partial charge in [0.25, 0.3) is 0 Å². The lowest BCUT2D eigenvalue weighted by molar-refractivity contribution is 0.668. The SMILES string of the molecule is Brc1ccc2c(c1)oc1cc(-n3c4ccccc4c4ccccc43)ccc12. The summed E-state index contributed by atoms with van der Waals surface area (Å²) in [6.07, 6.45) is 0. The number of hydrogen-bond acceptors (Lipinski definition) is 1. The smallest absolute Gasteiger partial charge is 0.137 e. The molecule has 6 aromatic rings. The molecule has 0 saturated heterocycles. The Balaban J connectivity index is 1.71. The summed E-state index contributed by atoms with van der Waals surface area (Å²) in [5.41, 5.74) is 5.33. The van der Waals surface area contributed by atoms with Crippen LogP contribution in [0.2, 0.25) is 0 Å². The van der Waals surface area contributed by atoms with E-state index < -0.39 is 0 Å². The van der Waals surface area contributed by atoms with E-state index in [1.165, 1.54) is 21.8 Å². The molecular weight excluding hydrogens is 398 g/mol. The van der Waals surface area contributed by atoms with Crippen LogP contribution in [0.5, 0.6) is 0 Å². The van der Waals surface area contributed by atoms with E-state index in [2.05, 4.69) is 99.4 Å². The van der Waals surface area contributed by atoms with E-state index in [0.717, 1.165) is 32.1 Å². The van der Waals surface area contributed by atoms with Gasteiger partial charge in [-0.1, -0.05) is 52.3 Å². The van der Waals surface area contributed by atoms with Crippen molar-refractivity contribution in [3.63, 3.8) is 0 Å².